The lowest BCUT2D eigenvalue weighted by Gasteiger charge is -2.10. The van der Waals surface area contributed by atoms with Gasteiger partial charge in [0.15, 0.2) is 0 Å². The monoisotopic (exact) mass is 343 g/mol. The van der Waals surface area contributed by atoms with Gasteiger partial charge in [-0.05, 0) is 51.3 Å². The molecule has 3 rings (SSSR count). The average molecular weight is 344 g/mol. The summed E-state index contributed by atoms with van der Waals surface area (Å²) in [4.78, 5) is 4.21. The van der Waals surface area contributed by atoms with E-state index in [2.05, 4.69) is 27.0 Å². The van der Waals surface area contributed by atoms with Crippen LogP contribution in [0.2, 0.25) is 0 Å². The standard InChI is InChI=1S/C17H14BrNO2/c1-11(20)13-7-9-16(19-10-13)21-15-8-6-12-4-2-3-5-14(12)17(15)18/h2-11,20H,1H3/t11-/m1/s1. The van der Waals surface area contributed by atoms with Gasteiger partial charge in [0.05, 0.1) is 10.6 Å². The predicted octanol–water partition coefficient (Wildman–Crippen LogP) is 4.84. The SMILES string of the molecule is C[C@@H](O)c1ccc(Oc2ccc3ccccc3c2Br)nc1. The Kier molecular flexibility index (Phi) is 3.90. The number of ether oxygens (including phenoxy) is 1. The van der Waals surface area contributed by atoms with Gasteiger partial charge in [-0.2, -0.15) is 0 Å². The summed E-state index contributed by atoms with van der Waals surface area (Å²) >= 11 is 3.58. The predicted molar refractivity (Wildman–Crippen MR) is 86.6 cm³/mol. The number of aliphatic hydroxyl groups is 1. The van der Waals surface area contributed by atoms with Crippen LogP contribution in [0.25, 0.3) is 10.8 Å². The van der Waals surface area contributed by atoms with Gasteiger partial charge in [-0.25, -0.2) is 4.98 Å². The number of pyridine rings is 1. The van der Waals surface area contributed by atoms with E-state index in [1.807, 2.05) is 36.4 Å². The lowest BCUT2D eigenvalue weighted by molar-refractivity contribution is 0.198. The molecule has 0 bridgehead atoms. The van der Waals surface area contributed by atoms with Gasteiger partial charge in [0.1, 0.15) is 5.75 Å². The van der Waals surface area contributed by atoms with E-state index in [0.29, 0.717) is 11.6 Å². The molecule has 1 aromatic heterocycles. The maximum Gasteiger partial charge on any atom is 0.219 e. The molecule has 0 amide bonds. The third-order valence-electron chi connectivity index (χ3n) is 3.28. The van der Waals surface area contributed by atoms with Crippen molar-refractivity contribution in [2.45, 2.75) is 13.0 Å². The zero-order valence-electron chi connectivity index (χ0n) is 11.5. The quantitative estimate of drug-likeness (QED) is 0.739. The van der Waals surface area contributed by atoms with Crippen LogP contribution in [-0.4, -0.2) is 10.1 Å². The maximum absolute atomic E-state index is 9.48. The summed E-state index contributed by atoms with van der Waals surface area (Å²) in [5, 5.41) is 11.7. The lowest BCUT2D eigenvalue weighted by Crippen LogP contribution is -1.94. The Bertz CT molecular complexity index is 769. The zero-order valence-corrected chi connectivity index (χ0v) is 13.0. The number of nitrogens with zero attached hydrogens (tertiary/aromatic N) is 1. The fourth-order valence-corrected chi connectivity index (χ4v) is 2.68. The summed E-state index contributed by atoms with van der Waals surface area (Å²) in [5.74, 6) is 1.21. The lowest BCUT2D eigenvalue weighted by atomic mass is 10.1. The van der Waals surface area contributed by atoms with Gasteiger partial charge in [-0.1, -0.05) is 30.3 Å². The Morgan fingerprint density at radius 1 is 1.10 bits per heavy atom. The highest BCUT2D eigenvalue weighted by Crippen LogP contribution is 2.35. The van der Waals surface area contributed by atoms with Crippen molar-refractivity contribution in [2.75, 3.05) is 0 Å². The van der Waals surface area contributed by atoms with E-state index in [-0.39, 0.29) is 0 Å². The highest BCUT2D eigenvalue weighted by Gasteiger charge is 2.08. The van der Waals surface area contributed by atoms with Crippen LogP contribution in [0.5, 0.6) is 11.6 Å². The van der Waals surface area contributed by atoms with Gasteiger partial charge in [0.25, 0.3) is 0 Å². The van der Waals surface area contributed by atoms with E-state index >= 15 is 0 Å². The van der Waals surface area contributed by atoms with Gasteiger partial charge >= 0.3 is 0 Å². The maximum atomic E-state index is 9.48. The molecule has 0 spiro atoms. The van der Waals surface area contributed by atoms with Crippen molar-refractivity contribution in [1.29, 1.82) is 0 Å². The van der Waals surface area contributed by atoms with E-state index in [9.17, 15) is 5.11 Å². The molecule has 1 heterocycles. The van der Waals surface area contributed by atoms with Gasteiger partial charge < -0.3 is 9.84 Å². The first-order valence-corrected chi connectivity index (χ1v) is 7.43. The van der Waals surface area contributed by atoms with Crippen molar-refractivity contribution >= 4 is 26.7 Å². The van der Waals surface area contributed by atoms with E-state index in [4.69, 9.17) is 4.74 Å². The fraction of sp³-hybridized carbons (Fsp3) is 0.118. The second-order valence-corrected chi connectivity index (χ2v) is 5.60. The van der Waals surface area contributed by atoms with Crippen molar-refractivity contribution in [3.8, 4) is 11.6 Å². The van der Waals surface area contributed by atoms with E-state index in [1.54, 1.807) is 19.2 Å². The number of hydrogen-bond donors (Lipinski definition) is 1. The van der Waals surface area contributed by atoms with Crippen LogP contribution in [0.15, 0.2) is 59.2 Å². The molecule has 0 saturated heterocycles. The molecular formula is C17H14BrNO2. The first-order chi connectivity index (χ1) is 10.1. The fourth-order valence-electron chi connectivity index (χ4n) is 2.10. The Hall–Kier alpha value is -1.91. The topological polar surface area (TPSA) is 42.4 Å². The summed E-state index contributed by atoms with van der Waals surface area (Å²) in [6, 6.07) is 15.6. The van der Waals surface area contributed by atoms with Crippen LogP contribution in [0.3, 0.4) is 0 Å². The number of hydrogen-bond acceptors (Lipinski definition) is 3. The largest absolute Gasteiger partial charge is 0.438 e. The Morgan fingerprint density at radius 3 is 2.62 bits per heavy atom. The first-order valence-electron chi connectivity index (χ1n) is 6.64. The van der Waals surface area contributed by atoms with Crippen molar-refractivity contribution in [2.24, 2.45) is 0 Å². The van der Waals surface area contributed by atoms with Crippen molar-refractivity contribution in [3.05, 3.63) is 64.8 Å². The van der Waals surface area contributed by atoms with Gasteiger partial charge in [-0.3, -0.25) is 0 Å². The molecule has 3 nitrogen and oxygen atoms in total. The smallest absolute Gasteiger partial charge is 0.219 e. The molecular weight excluding hydrogens is 330 g/mol. The van der Waals surface area contributed by atoms with Crippen LogP contribution in [0.1, 0.15) is 18.6 Å². The van der Waals surface area contributed by atoms with E-state index < -0.39 is 6.10 Å². The summed E-state index contributed by atoms with van der Waals surface area (Å²) in [6.07, 6.45) is 1.09. The van der Waals surface area contributed by atoms with E-state index in [0.717, 1.165) is 20.8 Å². The highest BCUT2D eigenvalue weighted by atomic mass is 79.9. The highest BCUT2D eigenvalue weighted by molar-refractivity contribution is 9.10. The molecule has 0 saturated carbocycles. The minimum absolute atomic E-state index is 0.496. The molecule has 2 aromatic carbocycles. The molecule has 1 atom stereocenters. The molecule has 0 unspecified atom stereocenters. The van der Waals surface area contributed by atoms with Crippen LogP contribution < -0.4 is 4.74 Å². The molecule has 0 aliphatic carbocycles. The molecule has 4 heteroatoms. The Morgan fingerprint density at radius 2 is 1.90 bits per heavy atom. The first kappa shape index (κ1) is 14.0. The number of halogens is 1. The second-order valence-electron chi connectivity index (χ2n) is 4.81. The molecule has 1 N–H and O–H groups in total. The Balaban J connectivity index is 1.92. The molecule has 0 aliphatic rings. The van der Waals surface area contributed by atoms with Crippen LogP contribution >= 0.6 is 15.9 Å². The van der Waals surface area contributed by atoms with Crippen LogP contribution in [-0.2, 0) is 0 Å². The molecule has 0 fully saturated rings. The second kappa shape index (κ2) is 5.84. The van der Waals surface area contributed by atoms with Crippen LogP contribution in [0, 0.1) is 0 Å². The third kappa shape index (κ3) is 2.91. The number of benzene rings is 2. The van der Waals surface area contributed by atoms with Gasteiger partial charge in [-0.15, -0.1) is 0 Å². The zero-order chi connectivity index (χ0) is 14.8. The summed E-state index contributed by atoms with van der Waals surface area (Å²) in [7, 11) is 0. The molecule has 3 aromatic rings. The molecule has 0 radical (unpaired) electrons. The Labute approximate surface area is 131 Å². The normalized spacial score (nSPS) is 12.3. The number of fused-ring (bicyclic) bond motifs is 1. The van der Waals surface area contributed by atoms with Crippen molar-refractivity contribution in [3.63, 3.8) is 0 Å². The van der Waals surface area contributed by atoms with Gasteiger partial charge in [0, 0.05) is 12.3 Å². The average Bonchev–Trinajstić information content (AvgIpc) is 2.51. The van der Waals surface area contributed by atoms with Gasteiger partial charge in [0.2, 0.25) is 5.88 Å². The van der Waals surface area contributed by atoms with E-state index in [1.165, 1.54) is 0 Å². The summed E-state index contributed by atoms with van der Waals surface area (Å²) < 4.78 is 6.72. The summed E-state index contributed by atoms with van der Waals surface area (Å²) in [6.45, 7) is 1.71. The van der Waals surface area contributed by atoms with Crippen molar-refractivity contribution < 1.29 is 9.84 Å². The number of rotatable bonds is 3. The van der Waals surface area contributed by atoms with Crippen LogP contribution in [0.4, 0.5) is 0 Å². The molecule has 21 heavy (non-hydrogen) atoms. The minimum atomic E-state index is -0.529. The minimum Gasteiger partial charge on any atom is -0.438 e. The summed E-state index contributed by atoms with van der Waals surface area (Å²) in [5.41, 5.74) is 0.764. The molecule has 0 aliphatic heterocycles. The number of aliphatic hydroxyl groups excluding tert-OH is 1. The third-order valence-corrected chi connectivity index (χ3v) is 4.10. The molecule has 106 valence electrons. The number of aromatic nitrogens is 1. The van der Waals surface area contributed by atoms with Crippen molar-refractivity contribution in [1.82, 2.24) is 4.98 Å².